The number of ether oxygens (including phenoxy) is 1. The molecule has 0 aliphatic heterocycles. The van der Waals surface area contributed by atoms with Gasteiger partial charge in [0, 0.05) is 12.4 Å². The van der Waals surface area contributed by atoms with Crippen LogP contribution in [0, 0.1) is 0 Å². The van der Waals surface area contributed by atoms with Gasteiger partial charge in [0.2, 0.25) is 0 Å². The van der Waals surface area contributed by atoms with E-state index in [1.54, 1.807) is 0 Å². The second kappa shape index (κ2) is 3.42. The molecule has 0 aliphatic rings. The van der Waals surface area contributed by atoms with Crippen LogP contribution in [0.15, 0.2) is 18.6 Å². The molecule has 1 amide bonds. The highest BCUT2D eigenvalue weighted by molar-refractivity contribution is 5.94. The van der Waals surface area contributed by atoms with Crippen molar-refractivity contribution in [2.45, 2.75) is 0 Å². The Morgan fingerprint density at radius 2 is 2.17 bits per heavy atom. The molecule has 0 spiro atoms. The Hall–Kier alpha value is -1.98. The summed E-state index contributed by atoms with van der Waals surface area (Å²) in [6.07, 6.45) is 2.70. The smallest absolute Gasteiger partial charge is 0.371 e. The molecule has 1 aromatic heterocycles. The lowest BCUT2D eigenvalue weighted by molar-refractivity contribution is 0.0631. The molecule has 62 valence electrons. The van der Waals surface area contributed by atoms with Crippen LogP contribution in [-0.4, -0.2) is 22.0 Å². The maximum atomic E-state index is 10.8. The number of nitrogens with zero attached hydrogens (tertiary/aromatic N) is 2. The van der Waals surface area contributed by atoms with E-state index in [-0.39, 0.29) is 5.69 Å². The normalized spacial score (nSPS) is 9.00. The second-order valence-electron chi connectivity index (χ2n) is 1.80. The highest BCUT2D eigenvalue weighted by Gasteiger charge is 2.10. The number of hydrogen-bond acceptors (Lipinski definition) is 5. The average Bonchev–Trinajstić information content (AvgIpc) is 2.05. The van der Waals surface area contributed by atoms with Gasteiger partial charge in [-0.1, -0.05) is 0 Å². The molecule has 1 aromatic rings. The van der Waals surface area contributed by atoms with Crippen LogP contribution < -0.4 is 5.73 Å². The third kappa shape index (κ3) is 2.01. The summed E-state index contributed by atoms with van der Waals surface area (Å²) in [5.74, 6) is -0.907. The van der Waals surface area contributed by atoms with Crippen LogP contribution in [-0.2, 0) is 4.74 Å². The van der Waals surface area contributed by atoms with Gasteiger partial charge in [0.1, 0.15) is 0 Å². The van der Waals surface area contributed by atoms with Crippen LogP contribution in [0.1, 0.15) is 10.5 Å². The van der Waals surface area contributed by atoms with Crippen LogP contribution in [0.4, 0.5) is 4.79 Å². The van der Waals surface area contributed by atoms with E-state index in [9.17, 15) is 9.59 Å². The number of carbonyl (C=O) groups is 2. The lowest BCUT2D eigenvalue weighted by Gasteiger charge is -1.95. The number of primary amides is 1. The topological polar surface area (TPSA) is 95.2 Å². The number of carbonyl (C=O) groups excluding carboxylic acids is 2. The first-order chi connectivity index (χ1) is 5.70. The monoisotopic (exact) mass is 167 g/mol. The van der Waals surface area contributed by atoms with E-state index in [1.165, 1.54) is 18.6 Å². The molecule has 0 aromatic carbocycles. The number of nitrogens with two attached hydrogens (primary N) is 1. The Morgan fingerprint density at radius 1 is 1.42 bits per heavy atom. The molecular formula is C6H5N3O3. The standard InChI is InChI=1S/C6H5N3O3/c7-6(11)12-5(10)4-3-8-1-2-9-4/h1-3H,(H2,7,11). The number of amides is 1. The van der Waals surface area contributed by atoms with Gasteiger partial charge < -0.3 is 10.5 Å². The average molecular weight is 167 g/mol. The maximum Gasteiger partial charge on any atom is 0.412 e. The van der Waals surface area contributed by atoms with E-state index in [0.717, 1.165) is 0 Å². The molecule has 0 saturated heterocycles. The minimum Gasteiger partial charge on any atom is -0.371 e. The molecule has 1 rings (SSSR count). The van der Waals surface area contributed by atoms with Crippen LogP contribution in [0.2, 0.25) is 0 Å². The van der Waals surface area contributed by atoms with Crippen molar-refractivity contribution in [2.75, 3.05) is 0 Å². The van der Waals surface area contributed by atoms with Crippen molar-refractivity contribution < 1.29 is 14.3 Å². The minimum absolute atomic E-state index is 0.0590. The summed E-state index contributed by atoms with van der Waals surface area (Å²) in [5.41, 5.74) is 4.54. The SMILES string of the molecule is NC(=O)OC(=O)c1cnccn1. The van der Waals surface area contributed by atoms with E-state index < -0.39 is 12.1 Å². The van der Waals surface area contributed by atoms with E-state index in [1.807, 2.05) is 0 Å². The summed E-state index contributed by atoms with van der Waals surface area (Å²) in [7, 11) is 0. The van der Waals surface area contributed by atoms with Crippen LogP contribution in [0.3, 0.4) is 0 Å². The molecule has 2 N–H and O–H groups in total. The molecule has 0 bridgehead atoms. The molecule has 1 heterocycles. The third-order valence-electron chi connectivity index (χ3n) is 0.966. The van der Waals surface area contributed by atoms with E-state index in [4.69, 9.17) is 0 Å². The number of rotatable bonds is 1. The van der Waals surface area contributed by atoms with E-state index in [0.29, 0.717) is 0 Å². The highest BCUT2D eigenvalue weighted by atomic mass is 16.6. The molecule has 6 nitrogen and oxygen atoms in total. The Kier molecular flexibility index (Phi) is 2.32. The summed E-state index contributed by atoms with van der Waals surface area (Å²) in [6.45, 7) is 0. The second-order valence-corrected chi connectivity index (χ2v) is 1.80. The van der Waals surface area contributed by atoms with Gasteiger partial charge in [-0.3, -0.25) is 4.98 Å². The van der Waals surface area contributed by atoms with Crippen molar-refractivity contribution >= 4 is 12.1 Å². The zero-order valence-electron chi connectivity index (χ0n) is 5.93. The van der Waals surface area contributed by atoms with Gasteiger partial charge in [0.05, 0.1) is 6.20 Å². The predicted molar refractivity (Wildman–Crippen MR) is 37.0 cm³/mol. The molecule has 0 radical (unpaired) electrons. The van der Waals surface area contributed by atoms with E-state index >= 15 is 0 Å². The zero-order valence-corrected chi connectivity index (χ0v) is 5.93. The van der Waals surface area contributed by atoms with Gasteiger partial charge in [-0.2, -0.15) is 0 Å². The first kappa shape index (κ1) is 8.12. The Morgan fingerprint density at radius 3 is 2.67 bits per heavy atom. The Balaban J connectivity index is 2.73. The minimum atomic E-state index is -1.16. The van der Waals surface area contributed by atoms with Gasteiger partial charge in [-0.05, 0) is 0 Å². The summed E-state index contributed by atoms with van der Waals surface area (Å²) in [4.78, 5) is 28.1. The van der Waals surface area contributed by atoms with Crippen LogP contribution in [0.25, 0.3) is 0 Å². The van der Waals surface area contributed by atoms with Crippen molar-refractivity contribution in [3.63, 3.8) is 0 Å². The quantitative estimate of drug-likeness (QED) is 0.458. The molecule has 0 saturated carbocycles. The fourth-order valence-corrected chi connectivity index (χ4v) is 0.548. The van der Waals surface area contributed by atoms with Crippen molar-refractivity contribution in [3.8, 4) is 0 Å². The largest absolute Gasteiger partial charge is 0.412 e. The third-order valence-corrected chi connectivity index (χ3v) is 0.966. The highest BCUT2D eigenvalue weighted by Crippen LogP contribution is 1.93. The molecule has 6 heteroatoms. The summed E-state index contributed by atoms with van der Waals surface area (Å²) in [6, 6.07) is 0. The number of esters is 1. The van der Waals surface area contributed by atoms with Crippen molar-refractivity contribution in [1.82, 2.24) is 9.97 Å². The van der Waals surface area contributed by atoms with Crippen LogP contribution in [0.5, 0.6) is 0 Å². The zero-order chi connectivity index (χ0) is 8.97. The van der Waals surface area contributed by atoms with Gasteiger partial charge in [0.15, 0.2) is 5.69 Å². The van der Waals surface area contributed by atoms with Crippen molar-refractivity contribution in [1.29, 1.82) is 0 Å². The maximum absolute atomic E-state index is 10.8. The number of aromatic nitrogens is 2. The van der Waals surface area contributed by atoms with Gasteiger partial charge in [0.25, 0.3) is 0 Å². The lowest BCUT2D eigenvalue weighted by atomic mass is 10.5. The molecule has 0 atom stereocenters. The summed E-state index contributed by atoms with van der Waals surface area (Å²) >= 11 is 0. The fourth-order valence-electron chi connectivity index (χ4n) is 0.548. The summed E-state index contributed by atoms with van der Waals surface area (Å²) < 4.78 is 4.03. The molecule has 12 heavy (non-hydrogen) atoms. The molecule has 0 fully saturated rings. The van der Waals surface area contributed by atoms with Gasteiger partial charge in [-0.25, -0.2) is 14.6 Å². The van der Waals surface area contributed by atoms with Crippen LogP contribution >= 0.6 is 0 Å². The fraction of sp³-hybridized carbons (Fsp3) is 0. The first-order valence-corrected chi connectivity index (χ1v) is 2.98. The molecular weight excluding hydrogens is 162 g/mol. The van der Waals surface area contributed by atoms with E-state index in [2.05, 4.69) is 20.4 Å². The number of hydrogen-bond donors (Lipinski definition) is 1. The molecule has 0 aliphatic carbocycles. The predicted octanol–water partition coefficient (Wildman–Crippen LogP) is -0.288. The lowest BCUT2D eigenvalue weighted by Crippen LogP contribution is -2.19. The van der Waals surface area contributed by atoms with Gasteiger partial charge in [-0.15, -0.1) is 0 Å². The molecule has 0 unspecified atom stereocenters. The van der Waals surface area contributed by atoms with Gasteiger partial charge >= 0.3 is 12.1 Å². The Bertz CT molecular complexity index is 298. The Labute approximate surface area is 67.4 Å². The van der Waals surface area contributed by atoms with Crippen molar-refractivity contribution in [3.05, 3.63) is 24.3 Å². The first-order valence-electron chi connectivity index (χ1n) is 2.98. The summed E-state index contributed by atoms with van der Waals surface area (Å²) in [5, 5.41) is 0. The van der Waals surface area contributed by atoms with Crippen molar-refractivity contribution in [2.24, 2.45) is 5.73 Å².